The van der Waals surface area contributed by atoms with Crippen molar-refractivity contribution in [3.05, 3.63) is 24.3 Å². The maximum atomic E-state index is 12.0. The fourth-order valence-electron chi connectivity index (χ4n) is 3.00. The topological polar surface area (TPSA) is 61.9 Å². The predicted molar refractivity (Wildman–Crippen MR) is 88.5 cm³/mol. The molecule has 2 fully saturated rings. The van der Waals surface area contributed by atoms with Crippen LogP contribution >= 0.6 is 0 Å². The molecule has 0 aromatic heterocycles. The third kappa shape index (κ3) is 4.22. The van der Waals surface area contributed by atoms with Gasteiger partial charge in [-0.25, -0.2) is 0 Å². The molecule has 6 heteroatoms. The highest BCUT2D eigenvalue weighted by atomic mass is 16.5. The van der Waals surface area contributed by atoms with E-state index in [-0.39, 0.29) is 18.2 Å². The zero-order valence-corrected chi connectivity index (χ0v) is 13.3. The van der Waals surface area contributed by atoms with Crippen LogP contribution in [0.25, 0.3) is 0 Å². The first-order valence-corrected chi connectivity index (χ1v) is 8.23. The second-order valence-corrected chi connectivity index (χ2v) is 5.96. The van der Waals surface area contributed by atoms with Crippen LogP contribution < -0.4 is 10.2 Å². The van der Waals surface area contributed by atoms with Gasteiger partial charge in [-0.2, -0.15) is 0 Å². The van der Waals surface area contributed by atoms with E-state index in [9.17, 15) is 9.59 Å². The standard InChI is InChI=1S/C17H23N3O3/c21-16(13-17(22)20-9-11-23-12-10-20)18-14-3-5-15(6-4-14)19-7-1-2-8-19/h3-6H,1-2,7-13H2,(H,18,21). The molecule has 2 heterocycles. The molecule has 0 atom stereocenters. The molecule has 0 spiro atoms. The summed E-state index contributed by atoms with van der Waals surface area (Å²) in [6, 6.07) is 7.82. The van der Waals surface area contributed by atoms with E-state index >= 15 is 0 Å². The first kappa shape index (κ1) is 15.8. The van der Waals surface area contributed by atoms with Crippen LogP contribution in [-0.2, 0) is 14.3 Å². The minimum Gasteiger partial charge on any atom is -0.378 e. The molecule has 1 N–H and O–H groups in total. The van der Waals surface area contributed by atoms with E-state index in [0.29, 0.717) is 26.3 Å². The van der Waals surface area contributed by atoms with Gasteiger partial charge in [0.25, 0.3) is 0 Å². The SMILES string of the molecule is O=C(CC(=O)N1CCOCC1)Nc1ccc(N2CCCC2)cc1. The summed E-state index contributed by atoms with van der Waals surface area (Å²) in [6.45, 7) is 4.42. The zero-order valence-electron chi connectivity index (χ0n) is 13.3. The van der Waals surface area contributed by atoms with Gasteiger partial charge in [0.15, 0.2) is 0 Å². The van der Waals surface area contributed by atoms with Gasteiger partial charge < -0.3 is 19.9 Å². The monoisotopic (exact) mass is 317 g/mol. The fourth-order valence-corrected chi connectivity index (χ4v) is 3.00. The molecule has 1 aromatic rings. The second-order valence-electron chi connectivity index (χ2n) is 5.96. The molecule has 2 saturated heterocycles. The van der Waals surface area contributed by atoms with E-state index in [1.165, 1.54) is 18.5 Å². The number of ether oxygens (including phenoxy) is 1. The normalized spacial score (nSPS) is 18.1. The number of carbonyl (C=O) groups is 2. The van der Waals surface area contributed by atoms with E-state index in [2.05, 4.69) is 10.2 Å². The highest BCUT2D eigenvalue weighted by Crippen LogP contribution is 2.22. The number of carbonyl (C=O) groups excluding carboxylic acids is 2. The van der Waals surface area contributed by atoms with Crippen LogP contribution in [0.1, 0.15) is 19.3 Å². The number of amides is 2. The number of hydrogen-bond acceptors (Lipinski definition) is 4. The molecule has 0 unspecified atom stereocenters. The minimum absolute atomic E-state index is 0.117. The number of rotatable bonds is 4. The van der Waals surface area contributed by atoms with Gasteiger partial charge in [-0.05, 0) is 37.1 Å². The maximum Gasteiger partial charge on any atom is 0.233 e. The summed E-state index contributed by atoms with van der Waals surface area (Å²) in [5.41, 5.74) is 1.91. The van der Waals surface area contributed by atoms with Crippen LogP contribution in [0, 0.1) is 0 Å². The number of anilines is 2. The van der Waals surface area contributed by atoms with E-state index in [1.807, 2.05) is 24.3 Å². The Morgan fingerprint density at radius 3 is 2.30 bits per heavy atom. The minimum atomic E-state index is -0.268. The lowest BCUT2D eigenvalue weighted by molar-refractivity contribution is -0.138. The summed E-state index contributed by atoms with van der Waals surface area (Å²) in [5.74, 6) is -0.407. The Labute approximate surface area is 136 Å². The Balaban J connectivity index is 1.50. The van der Waals surface area contributed by atoms with Crippen molar-refractivity contribution in [1.82, 2.24) is 4.90 Å². The highest BCUT2D eigenvalue weighted by Gasteiger charge is 2.19. The predicted octanol–water partition coefficient (Wildman–Crippen LogP) is 1.47. The molecular formula is C17H23N3O3. The molecule has 2 amide bonds. The number of nitrogens with zero attached hydrogens (tertiary/aromatic N) is 2. The fraction of sp³-hybridized carbons (Fsp3) is 0.529. The van der Waals surface area contributed by atoms with E-state index in [0.717, 1.165) is 18.8 Å². The van der Waals surface area contributed by atoms with Crippen molar-refractivity contribution in [3.8, 4) is 0 Å². The molecule has 0 aliphatic carbocycles. The molecule has 1 aromatic carbocycles. The molecule has 2 aliphatic rings. The van der Waals surface area contributed by atoms with E-state index in [1.54, 1.807) is 4.90 Å². The van der Waals surface area contributed by atoms with Crippen LogP contribution in [0.5, 0.6) is 0 Å². The maximum absolute atomic E-state index is 12.0. The van der Waals surface area contributed by atoms with Gasteiger partial charge in [0.2, 0.25) is 11.8 Å². The van der Waals surface area contributed by atoms with Crippen molar-refractivity contribution in [1.29, 1.82) is 0 Å². The van der Waals surface area contributed by atoms with Crippen LogP contribution in [0.15, 0.2) is 24.3 Å². The van der Waals surface area contributed by atoms with Crippen molar-refractivity contribution >= 4 is 23.2 Å². The van der Waals surface area contributed by atoms with Gasteiger partial charge in [-0.15, -0.1) is 0 Å². The summed E-state index contributed by atoms with van der Waals surface area (Å²) in [6.07, 6.45) is 2.36. The Morgan fingerprint density at radius 1 is 1.00 bits per heavy atom. The van der Waals surface area contributed by atoms with Gasteiger partial charge in [0.05, 0.1) is 13.2 Å². The van der Waals surface area contributed by atoms with Crippen molar-refractivity contribution in [2.45, 2.75) is 19.3 Å². The number of morpholine rings is 1. The second kappa shape index (κ2) is 7.46. The summed E-state index contributed by atoms with van der Waals surface area (Å²) in [7, 11) is 0. The van der Waals surface area contributed by atoms with Crippen LogP contribution in [0.4, 0.5) is 11.4 Å². The molecular weight excluding hydrogens is 294 g/mol. The molecule has 23 heavy (non-hydrogen) atoms. The smallest absolute Gasteiger partial charge is 0.233 e. The van der Waals surface area contributed by atoms with Crippen molar-refractivity contribution in [2.75, 3.05) is 49.6 Å². The molecule has 0 radical (unpaired) electrons. The molecule has 3 rings (SSSR count). The van der Waals surface area contributed by atoms with E-state index in [4.69, 9.17) is 4.74 Å². The van der Waals surface area contributed by atoms with Gasteiger partial charge in [0.1, 0.15) is 6.42 Å². The summed E-state index contributed by atoms with van der Waals surface area (Å²) < 4.78 is 5.21. The Morgan fingerprint density at radius 2 is 1.65 bits per heavy atom. The molecule has 0 saturated carbocycles. The number of nitrogens with one attached hydrogen (secondary N) is 1. The van der Waals surface area contributed by atoms with Gasteiger partial charge in [-0.3, -0.25) is 9.59 Å². The molecule has 2 aliphatic heterocycles. The number of hydrogen-bond donors (Lipinski definition) is 1. The van der Waals surface area contributed by atoms with Crippen molar-refractivity contribution < 1.29 is 14.3 Å². The van der Waals surface area contributed by atoms with Crippen LogP contribution in [-0.4, -0.2) is 56.1 Å². The summed E-state index contributed by atoms with van der Waals surface area (Å²) in [4.78, 5) is 28.1. The summed E-state index contributed by atoms with van der Waals surface area (Å²) >= 11 is 0. The van der Waals surface area contributed by atoms with Crippen molar-refractivity contribution in [3.63, 3.8) is 0 Å². The van der Waals surface area contributed by atoms with E-state index < -0.39 is 0 Å². The third-order valence-corrected chi connectivity index (χ3v) is 4.30. The van der Waals surface area contributed by atoms with Crippen LogP contribution in [0.3, 0.4) is 0 Å². The van der Waals surface area contributed by atoms with Gasteiger partial charge >= 0.3 is 0 Å². The van der Waals surface area contributed by atoms with Crippen LogP contribution in [0.2, 0.25) is 0 Å². The first-order valence-electron chi connectivity index (χ1n) is 8.23. The average molecular weight is 317 g/mol. The lowest BCUT2D eigenvalue weighted by atomic mass is 10.2. The Kier molecular flexibility index (Phi) is 5.12. The molecule has 124 valence electrons. The zero-order chi connectivity index (χ0) is 16.1. The lowest BCUT2D eigenvalue weighted by Gasteiger charge is -2.26. The third-order valence-electron chi connectivity index (χ3n) is 4.30. The average Bonchev–Trinajstić information content (AvgIpc) is 3.11. The van der Waals surface area contributed by atoms with Gasteiger partial charge in [-0.1, -0.05) is 0 Å². The Bertz CT molecular complexity index is 547. The largest absolute Gasteiger partial charge is 0.378 e. The quantitative estimate of drug-likeness (QED) is 0.855. The first-order chi connectivity index (χ1) is 11.2. The molecule has 6 nitrogen and oxygen atoms in total. The highest BCUT2D eigenvalue weighted by molar-refractivity contribution is 6.03. The lowest BCUT2D eigenvalue weighted by Crippen LogP contribution is -2.41. The molecule has 0 bridgehead atoms. The van der Waals surface area contributed by atoms with Crippen molar-refractivity contribution in [2.24, 2.45) is 0 Å². The Hall–Kier alpha value is -2.08. The number of benzene rings is 1. The summed E-state index contributed by atoms with van der Waals surface area (Å²) in [5, 5.41) is 2.79. The van der Waals surface area contributed by atoms with Gasteiger partial charge in [0, 0.05) is 37.6 Å².